The summed E-state index contributed by atoms with van der Waals surface area (Å²) in [6.45, 7) is 11.0. The second-order valence-corrected chi connectivity index (χ2v) is 7.39. The van der Waals surface area contributed by atoms with Crippen molar-refractivity contribution < 1.29 is 19.2 Å². The Morgan fingerprint density at radius 3 is 2.36 bits per heavy atom. The molecule has 1 fully saturated rings. The molecule has 0 aliphatic carbocycles. The van der Waals surface area contributed by atoms with Crippen molar-refractivity contribution in [3.63, 3.8) is 0 Å². The van der Waals surface area contributed by atoms with Crippen molar-refractivity contribution >= 4 is 18.7 Å². The van der Waals surface area contributed by atoms with Gasteiger partial charge in [-0.2, -0.15) is 0 Å². The molecular formula is C16H28BNO4. The molecule has 0 radical (unpaired) electrons. The lowest BCUT2D eigenvalue weighted by atomic mass is 9.81. The van der Waals surface area contributed by atoms with Crippen LogP contribution in [0.15, 0.2) is 16.5 Å². The molecule has 5 nitrogen and oxygen atoms in total. The molecule has 0 unspecified atom stereocenters. The molecular weight excluding hydrogens is 281 g/mol. The minimum absolute atomic E-state index is 0.367. The molecule has 1 aromatic heterocycles. The highest BCUT2D eigenvalue weighted by Gasteiger charge is 2.40. The number of rotatable bonds is 5. The predicted molar refractivity (Wildman–Crippen MR) is 88.4 cm³/mol. The van der Waals surface area contributed by atoms with Gasteiger partial charge in [0.25, 0.3) is 0 Å². The Hall–Kier alpha value is -0.975. The van der Waals surface area contributed by atoms with Gasteiger partial charge in [-0.25, -0.2) is 0 Å². The SMILES string of the molecule is CC1CCN(c2ccc(B(O)OC(C)(C)C(C)(C)O)o2)CC1. The molecule has 1 aliphatic heterocycles. The normalized spacial score (nSPS) is 17.9. The first-order chi connectivity index (χ1) is 10.1. The summed E-state index contributed by atoms with van der Waals surface area (Å²) >= 11 is 0. The van der Waals surface area contributed by atoms with Crippen molar-refractivity contribution in [2.24, 2.45) is 5.92 Å². The second-order valence-electron chi connectivity index (χ2n) is 7.39. The van der Waals surface area contributed by atoms with Gasteiger partial charge in [-0.15, -0.1) is 0 Å². The van der Waals surface area contributed by atoms with E-state index in [1.807, 2.05) is 6.07 Å². The second kappa shape index (κ2) is 6.26. The van der Waals surface area contributed by atoms with Crippen LogP contribution in [-0.4, -0.2) is 41.5 Å². The monoisotopic (exact) mass is 309 g/mol. The molecule has 6 heteroatoms. The zero-order chi connectivity index (χ0) is 16.5. The maximum absolute atomic E-state index is 10.2. The lowest BCUT2D eigenvalue weighted by Crippen LogP contribution is -2.53. The van der Waals surface area contributed by atoms with Crippen molar-refractivity contribution in [3.05, 3.63) is 12.1 Å². The molecule has 0 atom stereocenters. The van der Waals surface area contributed by atoms with Gasteiger partial charge in [0.15, 0.2) is 5.88 Å². The zero-order valence-electron chi connectivity index (χ0n) is 14.3. The van der Waals surface area contributed by atoms with Gasteiger partial charge in [-0.05, 0) is 52.5 Å². The molecule has 22 heavy (non-hydrogen) atoms. The molecule has 124 valence electrons. The predicted octanol–water partition coefficient (Wildman–Crippen LogP) is 1.77. The van der Waals surface area contributed by atoms with E-state index in [1.54, 1.807) is 33.8 Å². The maximum atomic E-state index is 10.2. The first-order valence-corrected chi connectivity index (χ1v) is 8.03. The van der Waals surface area contributed by atoms with Gasteiger partial charge in [0.1, 0.15) is 5.66 Å². The Kier molecular flexibility index (Phi) is 4.95. The van der Waals surface area contributed by atoms with Crippen molar-refractivity contribution in [2.75, 3.05) is 18.0 Å². The minimum Gasteiger partial charge on any atom is -0.449 e. The van der Waals surface area contributed by atoms with E-state index in [0.29, 0.717) is 5.66 Å². The van der Waals surface area contributed by atoms with Gasteiger partial charge in [-0.1, -0.05) is 6.92 Å². The molecule has 0 aromatic carbocycles. The molecule has 2 heterocycles. The fraction of sp³-hybridized carbons (Fsp3) is 0.750. The maximum Gasteiger partial charge on any atom is 0.529 e. The van der Waals surface area contributed by atoms with Crippen LogP contribution in [0.4, 0.5) is 5.88 Å². The molecule has 2 rings (SSSR count). The molecule has 1 saturated heterocycles. The third-order valence-corrected chi connectivity index (χ3v) is 4.83. The highest BCUT2D eigenvalue weighted by atomic mass is 16.6. The standard InChI is InChI=1S/C16H28BNO4/c1-12-8-10-18(11-9-12)14-7-6-13(21-14)17(20)22-16(4,5)15(2,3)19/h6-7,12,19-20H,8-11H2,1-5H3. The van der Waals surface area contributed by atoms with Crippen molar-refractivity contribution in [1.29, 1.82) is 0 Å². The zero-order valence-corrected chi connectivity index (χ0v) is 14.3. The van der Waals surface area contributed by atoms with Crippen molar-refractivity contribution in [3.8, 4) is 0 Å². The Morgan fingerprint density at radius 1 is 1.23 bits per heavy atom. The summed E-state index contributed by atoms with van der Waals surface area (Å²) in [5.74, 6) is 1.53. The lowest BCUT2D eigenvalue weighted by Gasteiger charge is -2.38. The molecule has 0 bridgehead atoms. The number of nitrogens with zero attached hydrogens (tertiary/aromatic N) is 1. The fourth-order valence-corrected chi connectivity index (χ4v) is 2.36. The van der Waals surface area contributed by atoms with Crippen LogP contribution in [-0.2, 0) is 4.65 Å². The van der Waals surface area contributed by atoms with Crippen LogP contribution >= 0.6 is 0 Å². The topological polar surface area (TPSA) is 66.1 Å². The van der Waals surface area contributed by atoms with Gasteiger partial charge in [0, 0.05) is 19.2 Å². The fourth-order valence-electron chi connectivity index (χ4n) is 2.36. The molecule has 1 aromatic rings. The Labute approximate surface area is 133 Å². The van der Waals surface area contributed by atoms with E-state index < -0.39 is 18.3 Å². The average Bonchev–Trinajstić information content (AvgIpc) is 2.87. The third kappa shape index (κ3) is 3.86. The number of anilines is 1. The largest absolute Gasteiger partial charge is 0.529 e. The van der Waals surface area contributed by atoms with Crippen LogP contribution in [0.25, 0.3) is 0 Å². The van der Waals surface area contributed by atoms with Gasteiger partial charge in [0.05, 0.1) is 11.2 Å². The van der Waals surface area contributed by atoms with E-state index in [-0.39, 0.29) is 0 Å². The summed E-state index contributed by atoms with van der Waals surface area (Å²) in [4.78, 5) is 2.19. The number of furan rings is 1. The van der Waals surface area contributed by atoms with Gasteiger partial charge in [-0.3, -0.25) is 0 Å². The molecule has 0 spiro atoms. The van der Waals surface area contributed by atoms with E-state index >= 15 is 0 Å². The molecule has 1 aliphatic rings. The van der Waals surface area contributed by atoms with Crippen LogP contribution < -0.4 is 10.6 Å². The summed E-state index contributed by atoms with van der Waals surface area (Å²) in [7, 11) is -1.20. The number of piperidine rings is 1. The van der Waals surface area contributed by atoms with Crippen molar-refractivity contribution in [2.45, 2.75) is 58.7 Å². The van der Waals surface area contributed by atoms with E-state index in [0.717, 1.165) is 37.7 Å². The molecule has 0 amide bonds. The van der Waals surface area contributed by atoms with Crippen molar-refractivity contribution in [1.82, 2.24) is 0 Å². The van der Waals surface area contributed by atoms with E-state index in [9.17, 15) is 10.1 Å². The van der Waals surface area contributed by atoms with Gasteiger partial charge in [0.2, 0.25) is 0 Å². The summed E-state index contributed by atoms with van der Waals surface area (Å²) in [5.41, 5.74) is -1.61. The summed E-state index contributed by atoms with van der Waals surface area (Å²) in [6, 6.07) is 3.60. The third-order valence-electron chi connectivity index (χ3n) is 4.83. The first kappa shape index (κ1) is 17.4. The Bertz CT molecular complexity index is 487. The Balaban J connectivity index is 2.02. The number of hydrogen-bond acceptors (Lipinski definition) is 5. The van der Waals surface area contributed by atoms with Crippen LogP contribution in [0.2, 0.25) is 0 Å². The van der Waals surface area contributed by atoms with Gasteiger partial charge >= 0.3 is 7.12 Å². The first-order valence-electron chi connectivity index (χ1n) is 8.03. The molecule has 0 saturated carbocycles. The van der Waals surface area contributed by atoms with Crippen LogP contribution in [0.3, 0.4) is 0 Å². The molecule has 2 N–H and O–H groups in total. The van der Waals surface area contributed by atoms with E-state index in [4.69, 9.17) is 9.07 Å². The smallest absolute Gasteiger partial charge is 0.449 e. The average molecular weight is 309 g/mol. The lowest BCUT2D eigenvalue weighted by molar-refractivity contribution is -0.0986. The minimum atomic E-state index is -1.20. The van der Waals surface area contributed by atoms with E-state index in [2.05, 4.69) is 11.8 Å². The number of aliphatic hydroxyl groups is 1. The highest BCUT2D eigenvalue weighted by molar-refractivity contribution is 6.58. The van der Waals surface area contributed by atoms with Gasteiger partial charge < -0.3 is 24.1 Å². The quantitative estimate of drug-likeness (QED) is 0.812. The number of hydrogen-bond donors (Lipinski definition) is 2. The Morgan fingerprint density at radius 2 is 1.82 bits per heavy atom. The van der Waals surface area contributed by atoms with Crippen LogP contribution in [0.5, 0.6) is 0 Å². The summed E-state index contributed by atoms with van der Waals surface area (Å²) in [6.07, 6.45) is 2.31. The highest BCUT2D eigenvalue weighted by Crippen LogP contribution is 2.26. The summed E-state index contributed by atoms with van der Waals surface area (Å²) in [5, 5.41) is 20.3. The van der Waals surface area contributed by atoms with Crippen LogP contribution in [0, 0.1) is 5.92 Å². The van der Waals surface area contributed by atoms with Crippen LogP contribution in [0.1, 0.15) is 47.5 Å². The van der Waals surface area contributed by atoms with E-state index in [1.165, 1.54) is 0 Å². The summed E-state index contributed by atoms with van der Waals surface area (Å²) < 4.78 is 11.3.